The maximum Gasteiger partial charge on any atom is 0.0790 e. The topological polar surface area (TPSA) is 15.3 Å². The first kappa shape index (κ1) is 6.23. The van der Waals surface area contributed by atoms with Crippen LogP contribution in [0.1, 0.15) is 19.3 Å². The van der Waals surface area contributed by atoms with Crippen LogP contribution in [0.5, 0.6) is 0 Å². The number of hydrogen-bond donors (Lipinski definition) is 1. The maximum atomic E-state index is 3.45. The summed E-state index contributed by atoms with van der Waals surface area (Å²) in [5.41, 5.74) is 0. The van der Waals surface area contributed by atoms with E-state index in [0.717, 1.165) is 13.0 Å². The molecule has 1 N–H and O–H groups in total. The molecule has 1 saturated heterocycles. The molecule has 2 heteroatoms. The molecule has 2 rings (SSSR count). The lowest BCUT2D eigenvalue weighted by Crippen LogP contribution is -2.36. The molecule has 0 bridgehead atoms. The molecule has 2 heterocycles. The Morgan fingerprint density at radius 3 is 3.20 bits per heavy atom. The Labute approximate surface area is 61.9 Å². The van der Waals surface area contributed by atoms with Crippen molar-refractivity contribution in [2.75, 3.05) is 13.1 Å². The molecule has 1 unspecified atom stereocenters. The van der Waals surface area contributed by atoms with E-state index in [1.54, 1.807) is 0 Å². The Hall–Kier alpha value is -0.500. The summed E-state index contributed by atoms with van der Waals surface area (Å²) < 4.78 is 0. The van der Waals surface area contributed by atoms with Gasteiger partial charge in [-0.3, -0.25) is 5.32 Å². The summed E-state index contributed by atoms with van der Waals surface area (Å²) >= 11 is 0. The second-order valence-electron chi connectivity index (χ2n) is 2.93. The average Bonchev–Trinajstić information content (AvgIpc) is 2.59. The fourth-order valence-electron chi connectivity index (χ4n) is 1.64. The Bertz CT molecular complexity index is 136. The van der Waals surface area contributed by atoms with E-state index in [9.17, 15) is 0 Å². The van der Waals surface area contributed by atoms with Crippen molar-refractivity contribution in [1.82, 2.24) is 10.2 Å². The number of rotatable bonds is 1. The van der Waals surface area contributed by atoms with Gasteiger partial charge >= 0.3 is 0 Å². The van der Waals surface area contributed by atoms with E-state index in [2.05, 4.69) is 22.5 Å². The lowest BCUT2D eigenvalue weighted by molar-refractivity contribution is 0.276. The summed E-state index contributed by atoms with van der Waals surface area (Å²) in [5.74, 6) is 0. The van der Waals surface area contributed by atoms with Crippen LogP contribution in [0.3, 0.4) is 0 Å². The normalized spacial score (nSPS) is 32.0. The van der Waals surface area contributed by atoms with Gasteiger partial charge in [0.2, 0.25) is 0 Å². The largest absolute Gasteiger partial charge is 0.361 e. The van der Waals surface area contributed by atoms with Gasteiger partial charge in [0.1, 0.15) is 0 Å². The smallest absolute Gasteiger partial charge is 0.0790 e. The molecule has 0 aromatic rings. The van der Waals surface area contributed by atoms with Crippen LogP contribution in [0.4, 0.5) is 0 Å². The molecule has 0 spiro atoms. The Morgan fingerprint density at radius 2 is 2.60 bits per heavy atom. The molecule has 0 amide bonds. The van der Waals surface area contributed by atoms with Gasteiger partial charge in [-0.1, -0.05) is 0 Å². The van der Waals surface area contributed by atoms with Crippen molar-refractivity contribution in [3.8, 4) is 0 Å². The van der Waals surface area contributed by atoms with Crippen LogP contribution in [-0.4, -0.2) is 24.2 Å². The first-order chi connectivity index (χ1) is 4.97. The monoisotopic (exact) mass is 137 g/mol. The summed E-state index contributed by atoms with van der Waals surface area (Å²) in [6, 6.07) is 0. The van der Waals surface area contributed by atoms with E-state index >= 15 is 0 Å². The predicted molar refractivity (Wildman–Crippen MR) is 40.2 cm³/mol. The van der Waals surface area contributed by atoms with Crippen molar-refractivity contribution in [3.63, 3.8) is 0 Å². The highest BCUT2D eigenvalue weighted by atomic mass is 15.3. The van der Waals surface area contributed by atoms with Crippen molar-refractivity contribution in [2.24, 2.45) is 0 Å². The van der Waals surface area contributed by atoms with E-state index in [-0.39, 0.29) is 0 Å². The molecule has 10 heavy (non-hydrogen) atoms. The van der Waals surface area contributed by atoms with Gasteiger partial charge in [-0.05, 0) is 31.9 Å². The lowest BCUT2D eigenvalue weighted by atomic mass is 10.3. The minimum Gasteiger partial charge on any atom is -0.361 e. The van der Waals surface area contributed by atoms with E-state index in [1.165, 1.54) is 19.4 Å². The second-order valence-corrected chi connectivity index (χ2v) is 2.93. The molecule has 0 aromatic heterocycles. The van der Waals surface area contributed by atoms with Gasteiger partial charge in [0.15, 0.2) is 0 Å². The Kier molecular flexibility index (Phi) is 1.63. The quantitative estimate of drug-likeness (QED) is 0.573. The molecule has 0 aliphatic carbocycles. The molecule has 2 aliphatic heterocycles. The Balaban J connectivity index is 1.91. The first-order valence-electron chi connectivity index (χ1n) is 4.03. The van der Waals surface area contributed by atoms with Crippen molar-refractivity contribution < 1.29 is 0 Å². The van der Waals surface area contributed by atoms with E-state index in [1.807, 2.05) is 0 Å². The fourth-order valence-corrected chi connectivity index (χ4v) is 1.64. The molecule has 1 atom stereocenters. The third-order valence-corrected chi connectivity index (χ3v) is 2.21. The Morgan fingerprint density at radius 1 is 1.60 bits per heavy atom. The number of hydrogen-bond acceptors (Lipinski definition) is 2. The van der Waals surface area contributed by atoms with E-state index in [0.29, 0.717) is 6.17 Å². The molecule has 0 aromatic carbocycles. The molecule has 1 radical (unpaired) electrons. The van der Waals surface area contributed by atoms with Crippen molar-refractivity contribution in [2.45, 2.75) is 25.4 Å². The molecule has 1 fully saturated rings. The summed E-state index contributed by atoms with van der Waals surface area (Å²) in [7, 11) is 0. The van der Waals surface area contributed by atoms with Crippen LogP contribution in [0, 0.1) is 6.08 Å². The van der Waals surface area contributed by atoms with Gasteiger partial charge in [0, 0.05) is 12.7 Å². The minimum absolute atomic E-state index is 0.620. The molecular weight excluding hydrogens is 124 g/mol. The molecule has 0 saturated carbocycles. The van der Waals surface area contributed by atoms with Crippen molar-refractivity contribution in [1.29, 1.82) is 0 Å². The zero-order valence-corrected chi connectivity index (χ0v) is 6.14. The average molecular weight is 137 g/mol. The van der Waals surface area contributed by atoms with E-state index < -0.39 is 0 Å². The van der Waals surface area contributed by atoms with Crippen LogP contribution in [0.15, 0.2) is 6.20 Å². The predicted octanol–water partition coefficient (Wildman–Crippen LogP) is 0.718. The number of nitrogens with zero attached hydrogens (tertiary/aromatic N) is 1. The van der Waals surface area contributed by atoms with Gasteiger partial charge in [0.25, 0.3) is 0 Å². The standard InChI is InChI=1S/C8H13N2/c1-2-7-10(6-1)8-4-3-5-9-8/h7-9H,1,3-6H2. The van der Waals surface area contributed by atoms with Gasteiger partial charge in [-0.2, -0.15) is 0 Å². The summed E-state index contributed by atoms with van der Waals surface area (Å²) in [6.07, 6.45) is 9.67. The molecular formula is C8H13N2. The van der Waals surface area contributed by atoms with Crippen molar-refractivity contribution >= 4 is 0 Å². The van der Waals surface area contributed by atoms with Crippen LogP contribution in [0.2, 0.25) is 0 Å². The van der Waals surface area contributed by atoms with Gasteiger partial charge in [0.05, 0.1) is 6.17 Å². The highest BCUT2D eigenvalue weighted by Gasteiger charge is 2.20. The SMILES string of the molecule is [C]1=CN(C2CCCN2)CC1. The lowest BCUT2D eigenvalue weighted by Gasteiger charge is -2.23. The number of nitrogens with one attached hydrogen (secondary N) is 1. The van der Waals surface area contributed by atoms with Crippen LogP contribution >= 0.6 is 0 Å². The van der Waals surface area contributed by atoms with Crippen molar-refractivity contribution in [3.05, 3.63) is 12.3 Å². The van der Waals surface area contributed by atoms with Crippen LogP contribution < -0.4 is 5.32 Å². The van der Waals surface area contributed by atoms with E-state index in [4.69, 9.17) is 0 Å². The third kappa shape index (κ3) is 1.03. The highest BCUT2D eigenvalue weighted by Crippen LogP contribution is 2.14. The van der Waals surface area contributed by atoms with Gasteiger partial charge in [-0.25, -0.2) is 0 Å². The van der Waals surface area contributed by atoms with Crippen LogP contribution in [-0.2, 0) is 0 Å². The van der Waals surface area contributed by atoms with Gasteiger partial charge in [-0.15, -0.1) is 0 Å². The zero-order valence-electron chi connectivity index (χ0n) is 6.14. The van der Waals surface area contributed by atoms with Gasteiger partial charge < -0.3 is 4.90 Å². The third-order valence-electron chi connectivity index (χ3n) is 2.21. The second kappa shape index (κ2) is 2.62. The molecule has 55 valence electrons. The highest BCUT2D eigenvalue weighted by molar-refractivity contribution is 4.89. The fraction of sp³-hybridized carbons (Fsp3) is 0.750. The summed E-state index contributed by atoms with van der Waals surface area (Å²) in [6.45, 7) is 2.35. The zero-order chi connectivity index (χ0) is 6.81. The van der Waals surface area contributed by atoms with Crippen LogP contribution in [0.25, 0.3) is 0 Å². The molecule has 2 nitrogen and oxygen atoms in total. The molecule has 2 aliphatic rings. The first-order valence-corrected chi connectivity index (χ1v) is 4.03. The minimum atomic E-state index is 0.620. The summed E-state index contributed by atoms with van der Waals surface area (Å²) in [4.78, 5) is 2.35. The maximum absolute atomic E-state index is 3.45. The summed E-state index contributed by atoms with van der Waals surface area (Å²) in [5, 5.41) is 3.45.